The molecule has 4 aliphatic rings. The van der Waals surface area contributed by atoms with E-state index in [0.29, 0.717) is 105 Å². The lowest BCUT2D eigenvalue weighted by Gasteiger charge is -2.26. The summed E-state index contributed by atoms with van der Waals surface area (Å²) in [5.41, 5.74) is 14.5. The Labute approximate surface area is 902 Å². The van der Waals surface area contributed by atoms with Crippen LogP contribution in [0.1, 0.15) is 105 Å². The average Bonchev–Trinajstić information content (AvgIpc) is 1.35. The normalized spacial score (nSPS) is 13.3. The fourth-order valence-corrected chi connectivity index (χ4v) is 17.2. The summed E-state index contributed by atoms with van der Waals surface area (Å²) >= 11 is 30.0. The van der Waals surface area contributed by atoms with Gasteiger partial charge in [-0.1, -0.05) is 89.5 Å². The molecule has 4 aliphatic heterocycles. The van der Waals surface area contributed by atoms with Crippen molar-refractivity contribution in [3.8, 4) is 34.5 Å². The molecule has 0 radical (unpaired) electrons. The van der Waals surface area contributed by atoms with Crippen LogP contribution in [0.15, 0.2) is 255 Å². The number of ether oxygens (including phenoxy) is 6. The van der Waals surface area contributed by atoms with Crippen LogP contribution in [-0.2, 0) is 6.54 Å². The maximum absolute atomic E-state index is 13.7. The Kier molecular flexibility index (Phi) is 41.6. The second-order valence-corrected chi connectivity index (χ2v) is 38.5. The van der Waals surface area contributed by atoms with Crippen molar-refractivity contribution in [2.75, 3.05) is 166 Å². The number of aryl methyl sites for hydroxylation is 5. The van der Waals surface area contributed by atoms with Crippen molar-refractivity contribution in [3.05, 3.63) is 320 Å². The molecule has 36 heteroatoms. The van der Waals surface area contributed by atoms with Crippen molar-refractivity contribution in [1.29, 1.82) is 0 Å². The van der Waals surface area contributed by atoms with Gasteiger partial charge in [-0.05, 0) is 344 Å². The number of nitrogens with zero attached hydrogens (tertiary/aromatic N) is 14. The van der Waals surface area contributed by atoms with E-state index in [2.05, 4.69) is 154 Å². The molecule has 10 N–H and O–H groups in total. The van der Waals surface area contributed by atoms with Crippen LogP contribution in [0.25, 0.3) is 0 Å². The van der Waals surface area contributed by atoms with Crippen LogP contribution in [0.4, 0.5) is 120 Å². The second-order valence-electron chi connectivity index (χ2n) is 36.4. The molecule has 4 saturated heterocycles. The van der Waals surface area contributed by atoms with E-state index in [1.807, 2.05) is 204 Å². The monoisotopic (exact) mass is 2120 g/mol. The lowest BCUT2D eigenvalue weighted by molar-refractivity contribution is 0.221. The second kappa shape index (κ2) is 56.8. The Balaban J connectivity index is 0.000000140. The van der Waals surface area contributed by atoms with Gasteiger partial charge >= 0.3 is 0 Å². The largest absolute Gasteiger partial charge is 0.495 e. The molecule has 30 nitrogen and oxygen atoms in total. The van der Waals surface area contributed by atoms with Crippen LogP contribution in [0.5, 0.6) is 34.5 Å². The first-order chi connectivity index (χ1) is 73.1. The number of aromatic nitrogens is 10. The number of benzene rings is 10. The molecule has 5 aromatic heterocycles. The van der Waals surface area contributed by atoms with E-state index in [4.69, 9.17) is 86.4 Å². The first-order valence-corrected chi connectivity index (χ1v) is 52.4. The lowest BCUT2D eigenvalue weighted by Crippen LogP contribution is -2.29. The Bertz CT molecular complexity index is 6790. The zero-order valence-electron chi connectivity index (χ0n) is 85.6. The van der Waals surface area contributed by atoms with E-state index in [1.165, 1.54) is 128 Å². The summed E-state index contributed by atoms with van der Waals surface area (Å²) in [6, 6.07) is 70.3. The number of halogens is 6. The summed E-state index contributed by atoms with van der Waals surface area (Å²) in [6.45, 7) is 28.1. The summed E-state index contributed by atoms with van der Waals surface area (Å²) in [6.07, 6.45) is 21.6. The summed E-state index contributed by atoms with van der Waals surface area (Å²) < 4.78 is 47.4. The number of methoxy groups -OCH3 is 2. The summed E-state index contributed by atoms with van der Waals surface area (Å²) in [7, 11) is 3.18. The van der Waals surface area contributed by atoms with Gasteiger partial charge in [0, 0.05) is 164 Å². The molecule has 19 rings (SSSR count). The molecule has 0 aliphatic carbocycles. The van der Waals surface area contributed by atoms with Gasteiger partial charge in [0.25, 0.3) is 0 Å². The Hall–Kier alpha value is -14.4. The Morgan fingerprint density at radius 1 is 0.280 bits per heavy atom. The molecular weight excluding hydrogens is 2000 g/mol. The first-order valence-electron chi connectivity index (χ1n) is 50.5. The van der Waals surface area contributed by atoms with E-state index in [-0.39, 0.29) is 5.02 Å². The molecule has 10 aromatic carbocycles. The number of anilines is 20. The van der Waals surface area contributed by atoms with Crippen LogP contribution in [0.2, 0.25) is 25.1 Å². The van der Waals surface area contributed by atoms with Gasteiger partial charge in [0.05, 0.1) is 35.9 Å². The Morgan fingerprint density at radius 3 is 0.873 bits per heavy atom. The van der Waals surface area contributed by atoms with Crippen molar-refractivity contribution in [3.63, 3.8) is 0 Å². The van der Waals surface area contributed by atoms with Crippen LogP contribution in [0.3, 0.4) is 0 Å². The predicted molar refractivity (Wildman–Crippen MR) is 608 cm³/mol. The minimum atomic E-state index is -0.487. The number of rotatable bonds is 39. The number of likely N-dealkylation sites (tertiary alicyclic amines) is 4. The van der Waals surface area contributed by atoms with E-state index in [9.17, 15) is 4.39 Å². The van der Waals surface area contributed by atoms with E-state index in [0.717, 1.165) is 152 Å². The molecule has 782 valence electrons. The minimum Gasteiger partial charge on any atom is -0.495 e. The molecule has 0 saturated carbocycles. The van der Waals surface area contributed by atoms with Gasteiger partial charge in [0.2, 0.25) is 29.7 Å². The summed E-state index contributed by atoms with van der Waals surface area (Å²) in [5, 5.41) is 35.1. The van der Waals surface area contributed by atoms with Crippen LogP contribution < -0.4 is 81.6 Å². The molecule has 0 atom stereocenters. The van der Waals surface area contributed by atoms with Crippen molar-refractivity contribution >= 4 is 174 Å². The zero-order chi connectivity index (χ0) is 105. The van der Waals surface area contributed by atoms with Crippen molar-refractivity contribution in [1.82, 2.24) is 69.4 Å². The van der Waals surface area contributed by atoms with Crippen LogP contribution in [0, 0.1) is 40.4 Å². The quantitative estimate of drug-likeness (QED) is 0.0171. The number of nitrogens with one attached hydrogen (secondary N) is 10. The van der Waals surface area contributed by atoms with Gasteiger partial charge in [-0.25, -0.2) is 29.3 Å². The van der Waals surface area contributed by atoms with Crippen molar-refractivity contribution < 1.29 is 32.8 Å². The summed E-state index contributed by atoms with van der Waals surface area (Å²) in [5.74, 6) is 10.2. The standard InChI is InChI=1S/C24H28ClN5O.C23H25ClFN5O.2C23H26ClN5O.C21H23ClN4O2/c1-17-15-26-24(29-23(17)27-20-10-11-21(25)22(14-20)31-2)28-19-8-6-18(7-9-19)16-30-12-4-3-5-13-30;1-16-15-26-23(29-22(16)27-18-6-9-20(24)21(25)14-18)28-17-4-7-19(8-5-17)31-13-12-30-10-2-3-11-30;1-17-16-25-23(28-22(17)26-19-6-4-18(24)5-7-19)27-20-8-10-21(11-9-20)30-15-14-29-12-2-3-13-29;1-17-16-25-23(28-22(17)26-20-6-4-5-18(24)15-20)27-19-7-9-21(10-8-19)30-14-13-29-11-2-3-12-29;1-4-11-28-17-8-5-15(6-9-17)25-21-23-13-14(2)20(26-21)24-16-7-10-18(22)19(12-16)27-3/h6-11,14-15H,3-5,12-13,16H2,1-2H3,(H2,26,27,28,29);4-9,14-15H,2-3,10-13H2,1H3,(H2,26,27,28,29);4-11,16H,2-3,12-15H2,1H3,(H2,25,26,27,28);4-10,15-16H,2-3,11-14H2,1H3,(H2,25,26,27,28);5-10,12-13H,4,11H2,1-3H3,(H2,23,24,25,26). The minimum absolute atomic E-state index is 0.0794. The summed E-state index contributed by atoms with van der Waals surface area (Å²) in [4.78, 5) is 54.6. The van der Waals surface area contributed by atoms with Gasteiger partial charge in [-0.15, -0.1) is 0 Å². The van der Waals surface area contributed by atoms with E-state index >= 15 is 0 Å². The zero-order valence-corrected chi connectivity index (χ0v) is 89.4. The fourth-order valence-electron chi connectivity index (χ4n) is 16.3. The molecular formula is C114H128Cl5FN24O6. The molecule has 9 heterocycles. The topological polar surface area (TPSA) is 318 Å². The first kappa shape index (κ1) is 110. The average molecular weight is 2130 g/mol. The van der Waals surface area contributed by atoms with E-state index in [1.54, 1.807) is 63.4 Å². The van der Waals surface area contributed by atoms with Crippen molar-refractivity contribution in [2.45, 2.75) is 112 Å². The molecule has 0 unspecified atom stereocenters. The fraction of sp³-hybridized carbons (Fsp3) is 0.298. The van der Waals surface area contributed by atoms with Crippen LogP contribution in [-0.4, -0.2) is 182 Å². The number of hydrogen-bond donors (Lipinski definition) is 10. The third-order valence-corrected chi connectivity index (χ3v) is 26.1. The lowest BCUT2D eigenvalue weighted by atomic mass is 10.1. The smallest absolute Gasteiger partial charge is 0.229 e. The highest BCUT2D eigenvalue weighted by molar-refractivity contribution is 6.33. The Morgan fingerprint density at radius 2 is 0.553 bits per heavy atom. The van der Waals surface area contributed by atoms with E-state index < -0.39 is 5.82 Å². The van der Waals surface area contributed by atoms with Gasteiger partial charge in [-0.2, -0.15) is 24.9 Å². The molecule has 15 aromatic rings. The highest BCUT2D eigenvalue weighted by Gasteiger charge is 2.20. The van der Waals surface area contributed by atoms with Gasteiger partial charge in [0.1, 0.15) is 89.2 Å². The number of piperidine rings is 1. The molecule has 0 spiro atoms. The third-order valence-electron chi connectivity index (χ3n) is 24.7. The predicted octanol–water partition coefficient (Wildman–Crippen LogP) is 28.0. The molecule has 0 amide bonds. The highest BCUT2D eigenvalue weighted by atomic mass is 35.5. The highest BCUT2D eigenvalue weighted by Crippen LogP contribution is 2.36. The van der Waals surface area contributed by atoms with Gasteiger partial charge in [0.15, 0.2) is 0 Å². The van der Waals surface area contributed by atoms with Gasteiger partial charge in [-0.3, -0.25) is 19.6 Å². The molecule has 4 fully saturated rings. The maximum atomic E-state index is 13.7. The van der Waals surface area contributed by atoms with Crippen LogP contribution >= 0.6 is 58.0 Å². The van der Waals surface area contributed by atoms with Crippen molar-refractivity contribution in [2.24, 2.45) is 0 Å². The SMILES string of the molecule is CCCOc1ccc(Nc2ncc(C)c(Nc3ccc(Cl)c(OC)c3)n2)cc1.COc1cc(Nc2nc(Nc3ccc(CN4CCCCC4)cc3)ncc2C)ccc1Cl.Cc1cnc(Nc2ccc(OCCN3CCCC3)cc2)nc1Nc1ccc(Cl)c(F)c1.Cc1cnc(Nc2ccc(OCCN3CCCC3)cc2)nc1Nc1ccc(Cl)cc1.Cc1cnc(Nc2ccc(OCCN3CCCC3)cc2)nc1Nc1cccc(Cl)c1. The number of hydrogen-bond acceptors (Lipinski definition) is 30. The molecule has 0 bridgehead atoms. The maximum Gasteiger partial charge on any atom is 0.229 e. The third kappa shape index (κ3) is 35.1. The van der Waals surface area contributed by atoms with Gasteiger partial charge < -0.3 is 81.6 Å². The molecule has 150 heavy (non-hydrogen) atoms.